The summed E-state index contributed by atoms with van der Waals surface area (Å²) in [5.41, 5.74) is 5.33. The van der Waals surface area contributed by atoms with Crippen LogP contribution in [0.15, 0.2) is 71.6 Å². The van der Waals surface area contributed by atoms with Crippen molar-refractivity contribution in [3.63, 3.8) is 0 Å². The highest BCUT2D eigenvalue weighted by Crippen LogP contribution is 2.41. The molecule has 0 bridgehead atoms. The molecule has 3 aromatic rings. The Morgan fingerprint density at radius 3 is 2.25 bits per heavy atom. The lowest BCUT2D eigenvalue weighted by molar-refractivity contribution is -1.91. The van der Waals surface area contributed by atoms with Crippen LogP contribution >= 0.6 is 10.8 Å². The van der Waals surface area contributed by atoms with E-state index in [0.29, 0.717) is 6.42 Å². The van der Waals surface area contributed by atoms with Gasteiger partial charge < -0.3 is 0 Å². The van der Waals surface area contributed by atoms with Crippen LogP contribution in [-0.4, -0.2) is 0 Å². The van der Waals surface area contributed by atoms with Gasteiger partial charge in [0.2, 0.25) is 0 Å². The van der Waals surface area contributed by atoms with Crippen molar-refractivity contribution in [2.24, 2.45) is 0 Å². The fourth-order valence-electron chi connectivity index (χ4n) is 3.48. The molecule has 1 aliphatic rings. The van der Waals surface area contributed by atoms with Gasteiger partial charge in [0.25, 0.3) is 0 Å². The van der Waals surface area contributed by atoms with Gasteiger partial charge >= 0.3 is 0 Å². The van der Waals surface area contributed by atoms with Gasteiger partial charge in [0.05, 0.1) is 19.6 Å². The van der Waals surface area contributed by atoms with Crippen molar-refractivity contribution in [3.8, 4) is 0 Å². The zero-order valence-corrected chi connectivity index (χ0v) is 17.0. The summed E-state index contributed by atoms with van der Waals surface area (Å²) in [5, 5.41) is 0.934. The predicted molar refractivity (Wildman–Crippen MR) is 100 cm³/mol. The quantitative estimate of drug-likeness (QED) is 0.605. The summed E-state index contributed by atoms with van der Waals surface area (Å²) in [5.74, 6) is 0. The molecule has 0 radical (unpaired) electrons. The van der Waals surface area contributed by atoms with E-state index in [1.54, 1.807) is 0 Å². The van der Waals surface area contributed by atoms with E-state index in [2.05, 4.69) is 12.1 Å². The maximum Gasteiger partial charge on any atom is 0.148 e. The smallest absolute Gasteiger partial charge is 0.148 e. The minimum Gasteiger partial charge on any atom is -0.182 e. The molecule has 0 saturated carbocycles. The summed E-state index contributed by atoms with van der Waals surface area (Å²) in [6, 6.07) is 21.8. The van der Waals surface area contributed by atoms with Crippen LogP contribution in [0.25, 0.3) is 5.57 Å². The van der Waals surface area contributed by atoms with Gasteiger partial charge in [0.15, 0.2) is 0 Å². The van der Waals surface area contributed by atoms with E-state index in [9.17, 15) is 14.0 Å². The highest BCUT2D eigenvalue weighted by atomic mass is 35.7. The van der Waals surface area contributed by atoms with Crippen molar-refractivity contribution in [2.75, 3.05) is 0 Å². The van der Waals surface area contributed by atoms with E-state index in [0.717, 1.165) is 42.5 Å². The molecule has 3 aromatic carbocycles. The van der Waals surface area contributed by atoms with Crippen LogP contribution in [0, 0.1) is 28.6 Å². The Bertz CT molecular complexity index is 1170. The summed E-state index contributed by atoms with van der Waals surface area (Å²) in [7, 11) is -5.85. The van der Waals surface area contributed by atoms with Crippen molar-refractivity contribution >= 4 is 16.3 Å². The first kappa shape index (κ1) is 19.3. The summed E-state index contributed by atoms with van der Waals surface area (Å²) in [4.78, 5) is 0.722. The molecule has 6 heteroatoms. The summed E-state index contributed by atoms with van der Waals surface area (Å²) < 4.78 is 40.0. The van der Waals surface area contributed by atoms with Gasteiger partial charge in [-0.25, -0.2) is 0 Å². The molecule has 1 unspecified atom stereocenters. The van der Waals surface area contributed by atoms with Crippen LogP contribution in [0.2, 0.25) is 0 Å². The highest BCUT2D eigenvalue weighted by Gasteiger charge is 2.29. The molecule has 1 heterocycles. The van der Waals surface area contributed by atoms with Crippen LogP contribution in [0.5, 0.6) is 0 Å². The molecule has 1 atom stereocenters. The first-order valence-corrected chi connectivity index (χ1v) is 11.2. The molecule has 0 saturated heterocycles. The Kier molecular flexibility index (Phi) is 5.14. The Labute approximate surface area is 168 Å². The molecule has 0 spiro atoms. The first-order valence-electron chi connectivity index (χ1n) is 8.79. The lowest BCUT2D eigenvalue weighted by Gasteiger charge is -2.21. The largest absolute Gasteiger partial charge is 0.182 e. The van der Waals surface area contributed by atoms with E-state index in [-0.39, 0.29) is 0 Å². The van der Waals surface area contributed by atoms with Crippen molar-refractivity contribution in [1.82, 2.24) is 0 Å². The third-order valence-electron chi connectivity index (χ3n) is 4.68. The van der Waals surface area contributed by atoms with E-state index >= 15 is 0 Å². The van der Waals surface area contributed by atoms with Gasteiger partial charge in [-0.1, -0.05) is 65.7 Å². The number of halogens is 1. The van der Waals surface area contributed by atoms with E-state index in [1.807, 2.05) is 68.4 Å². The minimum absolute atomic E-state index is 0.701. The van der Waals surface area contributed by atoms with Crippen LogP contribution in [-0.2, 0) is 10.2 Å². The second kappa shape index (κ2) is 7.44. The average molecular weight is 415 g/mol. The van der Waals surface area contributed by atoms with Gasteiger partial charge in [0, 0.05) is 0 Å². The second-order valence-corrected chi connectivity index (χ2v) is 9.53. The van der Waals surface area contributed by atoms with Gasteiger partial charge in [-0.15, -0.1) is 0 Å². The zero-order valence-electron chi connectivity index (χ0n) is 15.5. The normalized spacial score (nSPS) is 15.9. The molecule has 1 aliphatic heterocycles. The molecular formula is C22H19ClO4S. The first-order chi connectivity index (χ1) is 13.3. The standard InChI is InChI=1S/C22H19ClO4S/c1-15-8-10-21-19(12-15)18(14-17-6-4-3-5-7-17)20-13-16(2)9-11-22(20)28(21)27-23(24,25)26/h3-13H,14H2,1-2H3. The van der Waals surface area contributed by atoms with Crippen LogP contribution in [0.4, 0.5) is 0 Å². The molecule has 0 N–H and O–H groups in total. The Hall–Kier alpha value is -1.99. The summed E-state index contributed by atoms with van der Waals surface area (Å²) in [6.45, 7) is 3.99. The lowest BCUT2D eigenvalue weighted by atomic mass is 9.94. The van der Waals surface area contributed by atoms with Gasteiger partial charge in [-0.05, 0) is 54.3 Å². The zero-order chi connectivity index (χ0) is 19.9. The minimum atomic E-state index is -4.55. The SMILES string of the molecule is Cc1ccc2c(c1)C(Cc1ccccc1)=c1cc(C)ccc1=S2O[Cl+3]([O-])([O-])[O-]. The number of rotatable bonds is 4. The van der Waals surface area contributed by atoms with Crippen LogP contribution in [0.1, 0.15) is 22.3 Å². The number of hydrogen-bond donors (Lipinski definition) is 0. The predicted octanol–water partition coefficient (Wildman–Crippen LogP) is 1.47. The molecule has 4 rings (SSSR count). The fraction of sp³-hybridized carbons (Fsp3) is 0.136. The van der Waals surface area contributed by atoms with E-state index < -0.39 is 21.0 Å². The molecule has 0 fully saturated rings. The third kappa shape index (κ3) is 3.91. The van der Waals surface area contributed by atoms with Crippen molar-refractivity contribution in [2.45, 2.75) is 25.2 Å². The van der Waals surface area contributed by atoms with E-state index in [1.165, 1.54) is 0 Å². The molecule has 144 valence electrons. The Balaban J connectivity index is 2.07. The average Bonchev–Trinajstić information content (AvgIpc) is 2.64. The molecular weight excluding hydrogens is 396 g/mol. The van der Waals surface area contributed by atoms with Crippen LogP contribution in [0.3, 0.4) is 0 Å². The number of hydrogen-bond acceptors (Lipinski definition) is 4. The third-order valence-corrected chi connectivity index (χ3v) is 7.32. The molecule has 0 amide bonds. The fourth-order valence-corrected chi connectivity index (χ4v) is 6.03. The number of benzene rings is 3. The second-order valence-electron chi connectivity index (χ2n) is 6.85. The van der Waals surface area contributed by atoms with Crippen molar-refractivity contribution < 1.29 is 28.0 Å². The van der Waals surface area contributed by atoms with Crippen molar-refractivity contribution in [3.05, 3.63) is 98.7 Å². The van der Waals surface area contributed by atoms with E-state index in [4.69, 9.17) is 3.74 Å². The lowest BCUT2D eigenvalue weighted by Crippen LogP contribution is -2.60. The summed E-state index contributed by atoms with van der Waals surface area (Å²) in [6.07, 6.45) is 0.701. The Morgan fingerprint density at radius 2 is 1.54 bits per heavy atom. The highest BCUT2D eigenvalue weighted by molar-refractivity contribution is 8.05. The topological polar surface area (TPSA) is 78.4 Å². The number of aryl methyl sites for hydroxylation is 2. The van der Waals surface area contributed by atoms with Crippen molar-refractivity contribution in [1.29, 1.82) is 0 Å². The van der Waals surface area contributed by atoms with Gasteiger partial charge in [-0.2, -0.15) is 14.0 Å². The maximum absolute atomic E-state index is 11.4. The number of fused-ring (bicyclic) bond motifs is 2. The maximum atomic E-state index is 11.4. The molecule has 0 aliphatic carbocycles. The van der Waals surface area contributed by atoms with Gasteiger partial charge in [0.1, 0.15) is 14.5 Å². The Morgan fingerprint density at radius 1 is 0.857 bits per heavy atom. The van der Waals surface area contributed by atoms with Crippen LogP contribution < -0.4 is 19.2 Å². The summed E-state index contributed by atoms with van der Waals surface area (Å²) >= 11 is 0. The monoisotopic (exact) mass is 414 g/mol. The molecule has 4 nitrogen and oxygen atoms in total. The molecule has 28 heavy (non-hydrogen) atoms. The van der Waals surface area contributed by atoms with Gasteiger partial charge in [-0.3, -0.25) is 0 Å². The molecule has 0 aromatic heterocycles.